The zero-order valence-electron chi connectivity index (χ0n) is 19.2. The topological polar surface area (TPSA) is 73.2 Å². The number of nitrogens with zero attached hydrogens (tertiary/aromatic N) is 2. The van der Waals surface area contributed by atoms with E-state index in [-0.39, 0.29) is 11.2 Å². The lowest BCUT2D eigenvalue weighted by atomic mass is 9.87. The fourth-order valence-electron chi connectivity index (χ4n) is 4.69. The van der Waals surface area contributed by atoms with Crippen LogP contribution in [0.5, 0.6) is 11.5 Å². The Balaban J connectivity index is 1.41. The predicted molar refractivity (Wildman–Crippen MR) is 135 cm³/mol. The normalized spacial score (nSPS) is 12.5. The van der Waals surface area contributed by atoms with Crippen molar-refractivity contribution < 1.29 is 13.9 Å². The third-order valence-electron chi connectivity index (χ3n) is 6.35. The number of hydrogen-bond acceptors (Lipinski definition) is 4. The van der Waals surface area contributed by atoms with Crippen LogP contribution in [0.25, 0.3) is 16.6 Å². The molecule has 0 radical (unpaired) electrons. The summed E-state index contributed by atoms with van der Waals surface area (Å²) in [6.45, 7) is 1.71. The van der Waals surface area contributed by atoms with E-state index in [0.717, 1.165) is 0 Å². The molecular weight excluding hydrogens is 457 g/mol. The number of benzene rings is 4. The minimum absolute atomic E-state index is 0.0292. The summed E-state index contributed by atoms with van der Waals surface area (Å²) in [5.74, 6) is -0.101. The molecule has 0 spiro atoms. The van der Waals surface area contributed by atoms with Gasteiger partial charge < -0.3 is 10.1 Å². The first-order valence-electron chi connectivity index (χ1n) is 11.5. The fraction of sp³-hybridized carbons (Fsp3) is 0.0690. The number of ether oxygens (including phenoxy) is 1. The maximum absolute atomic E-state index is 14.9. The Bertz CT molecular complexity index is 1680. The monoisotopic (exact) mass is 477 g/mol. The van der Waals surface area contributed by atoms with Gasteiger partial charge in [-0.05, 0) is 49.4 Å². The Morgan fingerprint density at radius 2 is 1.56 bits per heavy atom. The van der Waals surface area contributed by atoms with Crippen molar-refractivity contribution in [3.63, 3.8) is 0 Å². The lowest BCUT2D eigenvalue weighted by molar-refractivity contribution is -0.116. The van der Waals surface area contributed by atoms with Crippen molar-refractivity contribution >= 4 is 22.5 Å². The van der Waals surface area contributed by atoms with Gasteiger partial charge in [0, 0.05) is 11.1 Å². The Morgan fingerprint density at radius 1 is 0.917 bits per heavy atom. The van der Waals surface area contributed by atoms with Crippen molar-refractivity contribution in [3.8, 4) is 17.2 Å². The smallest absolute Gasteiger partial charge is 0.265 e. The highest BCUT2D eigenvalue weighted by atomic mass is 19.1. The largest absolute Gasteiger partial charge is 0.457 e. The average molecular weight is 477 g/mol. The third kappa shape index (κ3) is 3.53. The van der Waals surface area contributed by atoms with Crippen molar-refractivity contribution in [1.29, 1.82) is 0 Å². The van der Waals surface area contributed by atoms with Crippen molar-refractivity contribution in [2.45, 2.75) is 12.8 Å². The fourth-order valence-corrected chi connectivity index (χ4v) is 4.69. The van der Waals surface area contributed by atoms with E-state index < -0.39 is 17.6 Å². The van der Waals surface area contributed by atoms with Gasteiger partial charge >= 0.3 is 0 Å². The number of carbonyl (C=O) groups is 1. The Morgan fingerprint density at radius 3 is 2.28 bits per heavy atom. The molecule has 0 unspecified atom stereocenters. The second kappa shape index (κ2) is 8.46. The minimum atomic E-state index is -0.694. The summed E-state index contributed by atoms with van der Waals surface area (Å²) in [7, 11) is 0. The van der Waals surface area contributed by atoms with E-state index in [4.69, 9.17) is 4.74 Å². The second-order valence-corrected chi connectivity index (χ2v) is 8.58. The summed E-state index contributed by atoms with van der Waals surface area (Å²) in [5.41, 5.74) is 2.07. The van der Waals surface area contributed by atoms with Crippen LogP contribution in [0.3, 0.4) is 0 Å². The molecule has 176 valence electrons. The second-order valence-electron chi connectivity index (χ2n) is 8.58. The van der Waals surface area contributed by atoms with Gasteiger partial charge in [0.25, 0.3) is 5.56 Å². The number of aryl methyl sites for hydroxylation is 1. The minimum Gasteiger partial charge on any atom is -0.457 e. The molecule has 36 heavy (non-hydrogen) atoms. The molecule has 1 amide bonds. The van der Waals surface area contributed by atoms with Gasteiger partial charge in [0.2, 0.25) is 5.91 Å². The number of aromatic nitrogens is 2. The molecule has 1 N–H and O–H groups in total. The third-order valence-corrected chi connectivity index (χ3v) is 6.35. The molecule has 0 saturated carbocycles. The zero-order valence-corrected chi connectivity index (χ0v) is 19.2. The summed E-state index contributed by atoms with van der Waals surface area (Å²) in [6, 6.07) is 25.8. The Kier molecular flexibility index (Phi) is 5.11. The van der Waals surface area contributed by atoms with Crippen LogP contribution in [0, 0.1) is 12.7 Å². The molecule has 5 aromatic rings. The van der Waals surface area contributed by atoms with Crippen LogP contribution >= 0.6 is 0 Å². The van der Waals surface area contributed by atoms with Gasteiger partial charge in [-0.25, -0.2) is 9.37 Å². The van der Waals surface area contributed by atoms with Crippen LogP contribution in [-0.2, 0) is 4.79 Å². The van der Waals surface area contributed by atoms with E-state index in [9.17, 15) is 14.0 Å². The molecule has 4 aromatic carbocycles. The molecule has 1 aliphatic heterocycles. The van der Waals surface area contributed by atoms with Crippen LogP contribution in [0.2, 0.25) is 0 Å². The molecule has 0 aliphatic carbocycles. The maximum Gasteiger partial charge on any atom is 0.265 e. The van der Waals surface area contributed by atoms with Gasteiger partial charge in [-0.15, -0.1) is 0 Å². The van der Waals surface area contributed by atoms with Gasteiger partial charge in [0.15, 0.2) is 0 Å². The van der Waals surface area contributed by atoms with Crippen LogP contribution in [0.15, 0.2) is 95.8 Å². The molecule has 6 nitrogen and oxygen atoms in total. The highest BCUT2D eigenvalue weighted by Gasteiger charge is 2.32. The number of nitrogens with one attached hydrogen (secondary N) is 1. The highest BCUT2D eigenvalue weighted by Crippen LogP contribution is 2.44. The van der Waals surface area contributed by atoms with E-state index in [1.165, 1.54) is 22.8 Å². The number of para-hydroxylation sites is 3. The predicted octanol–water partition coefficient (Wildman–Crippen LogP) is 5.71. The number of hydrogen-bond donors (Lipinski definition) is 1. The number of halogens is 1. The number of carbonyl (C=O) groups excluding carboxylic acids is 1. The number of fused-ring (bicyclic) bond motifs is 3. The standard InChI is InChI=1S/C29H20FN3O3/c1-17-31-23-11-5-2-8-19(23)29(35)33(17)18-14-15-22(30)24(16-18)32-28(34)27-20-9-3-6-12-25(20)36-26-13-7-4-10-21(26)27/h2-16,27H,1H3,(H,32,34). The summed E-state index contributed by atoms with van der Waals surface area (Å²) >= 11 is 0. The number of rotatable bonds is 3. The van der Waals surface area contributed by atoms with E-state index in [0.29, 0.717) is 45.0 Å². The molecule has 2 heterocycles. The van der Waals surface area contributed by atoms with Crippen LogP contribution < -0.4 is 15.6 Å². The molecule has 0 atom stereocenters. The van der Waals surface area contributed by atoms with Crippen LogP contribution in [-0.4, -0.2) is 15.5 Å². The molecular formula is C29H20FN3O3. The van der Waals surface area contributed by atoms with Crippen LogP contribution in [0.1, 0.15) is 22.9 Å². The quantitative estimate of drug-likeness (QED) is 0.361. The first-order valence-corrected chi connectivity index (χ1v) is 11.5. The van der Waals surface area contributed by atoms with Gasteiger partial charge in [-0.2, -0.15) is 0 Å². The summed E-state index contributed by atoms with van der Waals surface area (Å²) < 4.78 is 22.3. The first-order chi connectivity index (χ1) is 17.5. The van der Waals surface area contributed by atoms with E-state index in [2.05, 4.69) is 10.3 Å². The molecule has 1 aliphatic rings. The molecule has 1 aromatic heterocycles. The summed E-state index contributed by atoms with van der Waals surface area (Å²) in [6.07, 6.45) is 0. The molecule has 6 rings (SSSR count). The van der Waals surface area contributed by atoms with Crippen molar-refractivity contribution in [1.82, 2.24) is 9.55 Å². The van der Waals surface area contributed by atoms with Gasteiger partial charge in [-0.1, -0.05) is 48.5 Å². The van der Waals surface area contributed by atoms with Gasteiger partial charge in [0.1, 0.15) is 23.1 Å². The lowest BCUT2D eigenvalue weighted by Gasteiger charge is -2.27. The molecule has 0 saturated heterocycles. The Hall–Kier alpha value is -4.78. The zero-order chi connectivity index (χ0) is 24.8. The summed E-state index contributed by atoms with van der Waals surface area (Å²) in [5, 5.41) is 3.19. The van der Waals surface area contributed by atoms with Crippen molar-refractivity contribution in [3.05, 3.63) is 124 Å². The lowest BCUT2D eigenvalue weighted by Crippen LogP contribution is -2.26. The molecule has 0 fully saturated rings. The van der Waals surface area contributed by atoms with Gasteiger partial charge in [0.05, 0.1) is 28.2 Å². The van der Waals surface area contributed by atoms with Crippen LogP contribution in [0.4, 0.5) is 10.1 Å². The first kappa shape index (κ1) is 21.7. The maximum atomic E-state index is 14.9. The van der Waals surface area contributed by atoms with E-state index >= 15 is 0 Å². The highest BCUT2D eigenvalue weighted by molar-refractivity contribution is 5.99. The van der Waals surface area contributed by atoms with E-state index in [1.54, 1.807) is 37.3 Å². The van der Waals surface area contributed by atoms with Crippen molar-refractivity contribution in [2.24, 2.45) is 0 Å². The number of anilines is 1. The SMILES string of the molecule is Cc1nc2ccccc2c(=O)n1-c1ccc(F)c(NC(=O)C2c3ccccc3Oc3ccccc32)c1. The number of amides is 1. The van der Waals surface area contributed by atoms with Gasteiger partial charge in [-0.3, -0.25) is 14.2 Å². The average Bonchev–Trinajstić information content (AvgIpc) is 2.89. The van der Waals surface area contributed by atoms with E-state index in [1.807, 2.05) is 42.5 Å². The van der Waals surface area contributed by atoms with Crippen molar-refractivity contribution in [2.75, 3.05) is 5.32 Å². The molecule has 7 heteroatoms. The Labute approximate surface area is 205 Å². The molecule has 0 bridgehead atoms. The summed E-state index contributed by atoms with van der Waals surface area (Å²) in [4.78, 5) is 31.3.